The maximum Gasteiger partial charge on any atom is 0.310 e. The van der Waals surface area contributed by atoms with Gasteiger partial charge < -0.3 is 14.7 Å². The number of amidine groups is 1. The molecular weight excluding hydrogens is 406 g/mol. The van der Waals surface area contributed by atoms with Crippen molar-refractivity contribution >= 4 is 45.7 Å². The number of benzene rings is 1. The number of esters is 1. The number of aliphatic hydroxyl groups excluding tert-OH is 1. The third-order valence-electron chi connectivity index (χ3n) is 4.50. The predicted molar refractivity (Wildman–Crippen MR) is 117 cm³/mol. The Balaban J connectivity index is 1.51. The number of carbonyl (C=O) groups is 1. The summed E-state index contributed by atoms with van der Waals surface area (Å²) in [6, 6.07) is 11.3. The molecule has 29 heavy (non-hydrogen) atoms. The van der Waals surface area contributed by atoms with Gasteiger partial charge in [0.05, 0.1) is 35.7 Å². The summed E-state index contributed by atoms with van der Waals surface area (Å²) in [5.41, 5.74) is 2.94. The van der Waals surface area contributed by atoms with Crippen molar-refractivity contribution in [1.82, 2.24) is 4.98 Å². The fourth-order valence-electron chi connectivity index (χ4n) is 3.12. The van der Waals surface area contributed by atoms with E-state index in [1.54, 1.807) is 23.2 Å². The fourth-order valence-corrected chi connectivity index (χ4v) is 4.77. The van der Waals surface area contributed by atoms with Crippen molar-refractivity contribution < 1.29 is 14.6 Å². The number of aromatic nitrogens is 1. The number of hydrogen-bond donors (Lipinski definition) is 2. The molecule has 8 heteroatoms. The Morgan fingerprint density at radius 1 is 1.28 bits per heavy atom. The molecule has 4 rings (SSSR count). The van der Waals surface area contributed by atoms with Crippen LogP contribution in [0.5, 0.6) is 0 Å². The van der Waals surface area contributed by atoms with Crippen molar-refractivity contribution in [3.63, 3.8) is 0 Å². The SMILES string of the molecule is CCOC(=O)Cc1ccc(N2CC(O)=C(c3nc(-c4cccs4)cs3)C2=N)cc1. The lowest BCUT2D eigenvalue weighted by Gasteiger charge is -2.19. The van der Waals surface area contributed by atoms with Gasteiger partial charge in [-0.1, -0.05) is 18.2 Å². The summed E-state index contributed by atoms with van der Waals surface area (Å²) in [5, 5.41) is 23.7. The first-order valence-corrected chi connectivity index (χ1v) is 10.9. The van der Waals surface area contributed by atoms with Crippen molar-refractivity contribution in [2.75, 3.05) is 18.1 Å². The predicted octanol–water partition coefficient (Wildman–Crippen LogP) is 4.74. The van der Waals surface area contributed by atoms with Gasteiger partial charge in [0.15, 0.2) is 0 Å². The second-order valence-electron chi connectivity index (χ2n) is 6.42. The largest absolute Gasteiger partial charge is 0.510 e. The molecular formula is C21H19N3O3S2. The van der Waals surface area contributed by atoms with Gasteiger partial charge in [0, 0.05) is 11.1 Å². The van der Waals surface area contributed by atoms with Crippen LogP contribution >= 0.6 is 22.7 Å². The van der Waals surface area contributed by atoms with E-state index in [1.165, 1.54) is 11.3 Å². The minimum Gasteiger partial charge on any atom is -0.510 e. The zero-order valence-electron chi connectivity index (χ0n) is 15.7. The number of aliphatic hydroxyl groups is 1. The van der Waals surface area contributed by atoms with E-state index < -0.39 is 0 Å². The molecule has 2 aromatic heterocycles. The van der Waals surface area contributed by atoms with Gasteiger partial charge in [-0.25, -0.2) is 4.98 Å². The molecule has 1 aliphatic heterocycles. The molecule has 1 aliphatic rings. The van der Waals surface area contributed by atoms with Gasteiger partial charge in [-0.2, -0.15) is 0 Å². The topological polar surface area (TPSA) is 86.5 Å². The van der Waals surface area contributed by atoms with Crippen molar-refractivity contribution in [2.24, 2.45) is 0 Å². The van der Waals surface area contributed by atoms with Gasteiger partial charge in [0.25, 0.3) is 0 Å². The van der Waals surface area contributed by atoms with Crippen LogP contribution in [0.25, 0.3) is 16.1 Å². The molecule has 0 aliphatic carbocycles. The summed E-state index contributed by atoms with van der Waals surface area (Å²) in [5.74, 6) is 0.0893. The summed E-state index contributed by atoms with van der Waals surface area (Å²) >= 11 is 3.03. The average Bonchev–Trinajstić information content (AvgIpc) is 3.43. The number of anilines is 1. The van der Waals surface area contributed by atoms with E-state index in [-0.39, 0.29) is 30.5 Å². The summed E-state index contributed by atoms with van der Waals surface area (Å²) < 4.78 is 4.97. The lowest BCUT2D eigenvalue weighted by molar-refractivity contribution is -0.142. The normalized spacial score (nSPS) is 14.0. The molecule has 3 heterocycles. The molecule has 1 aromatic carbocycles. The van der Waals surface area contributed by atoms with Gasteiger partial charge in [-0.15, -0.1) is 22.7 Å². The zero-order chi connectivity index (χ0) is 20.4. The van der Waals surface area contributed by atoms with Crippen molar-refractivity contribution in [2.45, 2.75) is 13.3 Å². The van der Waals surface area contributed by atoms with E-state index in [0.717, 1.165) is 21.8 Å². The molecule has 0 atom stereocenters. The summed E-state index contributed by atoms with van der Waals surface area (Å²) in [6.45, 7) is 2.36. The monoisotopic (exact) mass is 425 g/mol. The quantitative estimate of drug-likeness (QED) is 0.557. The third kappa shape index (κ3) is 3.94. The molecule has 0 saturated heterocycles. The molecule has 0 bridgehead atoms. The van der Waals surface area contributed by atoms with Crippen LogP contribution in [0, 0.1) is 5.41 Å². The standard InChI is InChI=1S/C21H19N3O3S2/c1-2-27-18(26)10-13-5-7-14(8-6-13)24-11-16(25)19(20(24)22)21-23-15(12-29-21)17-4-3-9-28-17/h3-9,12,22,25H,2,10-11H2,1H3. The Hall–Kier alpha value is -2.97. The van der Waals surface area contributed by atoms with E-state index in [9.17, 15) is 9.90 Å². The maximum atomic E-state index is 11.6. The fraction of sp³-hybridized carbons (Fsp3) is 0.190. The van der Waals surface area contributed by atoms with E-state index in [4.69, 9.17) is 10.1 Å². The summed E-state index contributed by atoms with van der Waals surface area (Å²) in [4.78, 5) is 19.0. The number of rotatable bonds is 6. The van der Waals surface area contributed by atoms with Crippen LogP contribution in [-0.2, 0) is 16.0 Å². The Morgan fingerprint density at radius 3 is 2.76 bits per heavy atom. The van der Waals surface area contributed by atoms with Crippen LogP contribution in [0.4, 0.5) is 5.69 Å². The molecule has 2 N–H and O–H groups in total. The maximum absolute atomic E-state index is 11.6. The lowest BCUT2D eigenvalue weighted by atomic mass is 10.1. The van der Waals surface area contributed by atoms with Gasteiger partial charge >= 0.3 is 5.97 Å². The first-order chi connectivity index (χ1) is 14.1. The highest BCUT2D eigenvalue weighted by Gasteiger charge is 2.31. The number of nitrogens with zero attached hydrogens (tertiary/aromatic N) is 2. The number of thiazole rings is 1. The number of hydrogen-bond acceptors (Lipinski definition) is 7. The summed E-state index contributed by atoms with van der Waals surface area (Å²) in [7, 11) is 0. The molecule has 0 amide bonds. The Bertz CT molecular complexity index is 1070. The van der Waals surface area contributed by atoms with Crippen LogP contribution in [0.3, 0.4) is 0 Å². The molecule has 0 radical (unpaired) electrons. The zero-order valence-corrected chi connectivity index (χ0v) is 17.3. The van der Waals surface area contributed by atoms with Crippen LogP contribution in [0.1, 0.15) is 17.5 Å². The van der Waals surface area contributed by atoms with Crippen LogP contribution < -0.4 is 4.90 Å². The van der Waals surface area contributed by atoms with Crippen molar-refractivity contribution in [3.05, 3.63) is 63.5 Å². The van der Waals surface area contributed by atoms with Crippen LogP contribution in [0.2, 0.25) is 0 Å². The Labute approximate surface area is 176 Å². The van der Waals surface area contributed by atoms with Crippen molar-refractivity contribution in [1.29, 1.82) is 5.41 Å². The van der Waals surface area contributed by atoms with Gasteiger partial charge in [-0.05, 0) is 36.1 Å². The van der Waals surface area contributed by atoms with E-state index in [0.29, 0.717) is 17.2 Å². The average molecular weight is 426 g/mol. The second kappa shape index (κ2) is 8.18. The second-order valence-corrected chi connectivity index (χ2v) is 8.23. The first kappa shape index (κ1) is 19.4. The number of ether oxygens (including phenoxy) is 1. The highest BCUT2D eigenvalue weighted by atomic mass is 32.1. The molecule has 0 unspecified atom stereocenters. The molecule has 0 spiro atoms. The first-order valence-electron chi connectivity index (χ1n) is 9.09. The Kier molecular flexibility index (Phi) is 5.46. The van der Waals surface area contributed by atoms with E-state index >= 15 is 0 Å². The number of nitrogens with one attached hydrogen (secondary N) is 1. The highest BCUT2D eigenvalue weighted by Crippen LogP contribution is 2.35. The third-order valence-corrected chi connectivity index (χ3v) is 6.25. The molecule has 0 fully saturated rings. The molecule has 148 valence electrons. The van der Waals surface area contributed by atoms with Gasteiger partial charge in [0.2, 0.25) is 0 Å². The highest BCUT2D eigenvalue weighted by molar-refractivity contribution is 7.14. The number of carbonyl (C=O) groups excluding carboxylic acids is 1. The molecule has 6 nitrogen and oxygen atoms in total. The molecule has 0 saturated carbocycles. The van der Waals surface area contributed by atoms with Crippen LogP contribution in [0.15, 0.2) is 52.9 Å². The smallest absolute Gasteiger partial charge is 0.310 e. The summed E-state index contributed by atoms with van der Waals surface area (Å²) in [6.07, 6.45) is 0.213. The minimum atomic E-state index is -0.263. The van der Waals surface area contributed by atoms with Crippen LogP contribution in [-0.4, -0.2) is 35.0 Å². The van der Waals surface area contributed by atoms with E-state index in [2.05, 4.69) is 4.98 Å². The number of thiophene rings is 1. The van der Waals surface area contributed by atoms with Gasteiger partial charge in [-0.3, -0.25) is 10.2 Å². The lowest BCUT2D eigenvalue weighted by Crippen LogP contribution is -2.26. The van der Waals surface area contributed by atoms with E-state index in [1.807, 2.05) is 47.2 Å². The van der Waals surface area contributed by atoms with Gasteiger partial charge in [0.1, 0.15) is 16.6 Å². The van der Waals surface area contributed by atoms with Crippen molar-refractivity contribution in [3.8, 4) is 10.6 Å². The Morgan fingerprint density at radius 2 is 2.07 bits per heavy atom. The minimum absolute atomic E-state index is 0.137. The molecule has 3 aromatic rings.